The Labute approximate surface area is 106 Å². The minimum absolute atomic E-state index is 0.0223. The first kappa shape index (κ1) is 12.9. The second kappa shape index (κ2) is 4.61. The molecule has 1 heterocycles. The van der Waals surface area contributed by atoms with Crippen molar-refractivity contribution in [3.05, 3.63) is 23.8 Å². The molecular weight excluding hydrogens is 254 g/mol. The largest absolute Gasteiger partial charge is 0.506 e. The van der Waals surface area contributed by atoms with Gasteiger partial charge in [0.2, 0.25) is 5.91 Å². The predicted molar refractivity (Wildman–Crippen MR) is 68.5 cm³/mol. The van der Waals surface area contributed by atoms with Crippen LogP contribution in [0.1, 0.15) is 12.0 Å². The quantitative estimate of drug-likeness (QED) is 0.858. The number of hydrogen-bond donors (Lipinski definition) is 1. The monoisotopic (exact) mass is 269 g/mol. The minimum atomic E-state index is -3.36. The van der Waals surface area contributed by atoms with Crippen LogP contribution in [0.3, 0.4) is 0 Å². The van der Waals surface area contributed by atoms with E-state index in [-0.39, 0.29) is 5.75 Å². The molecule has 1 aromatic rings. The number of aromatic hydroxyl groups is 1. The Bertz CT molecular complexity index is 580. The Kier molecular flexibility index (Phi) is 3.30. The summed E-state index contributed by atoms with van der Waals surface area (Å²) in [6, 6.07) is 5.07. The highest BCUT2D eigenvalue weighted by Gasteiger charge is 2.27. The predicted octanol–water partition coefficient (Wildman–Crippen LogP) is 0.716. The summed E-state index contributed by atoms with van der Waals surface area (Å²) in [5.41, 5.74) is 1.33. The number of carbonyl (C=O) groups excluding carboxylic acids is 1. The van der Waals surface area contributed by atoms with Gasteiger partial charge in [0.15, 0.2) is 9.84 Å². The molecule has 0 radical (unpaired) electrons. The standard InChI is InChI=1S/C12H15NO4S/c1-18(16,17)8-11(15)13-7-3-5-9-4-2-6-10(14)12(9)13/h2,4,6,14H,3,5,7-8H2,1H3. The topological polar surface area (TPSA) is 74.7 Å². The maximum absolute atomic E-state index is 12.0. The molecule has 6 heteroatoms. The average Bonchev–Trinajstić information content (AvgIpc) is 2.26. The number of phenolic OH excluding ortho intramolecular Hbond substituents is 1. The van der Waals surface area contributed by atoms with Gasteiger partial charge in [-0.3, -0.25) is 4.79 Å². The van der Waals surface area contributed by atoms with E-state index >= 15 is 0 Å². The normalized spacial score (nSPS) is 15.3. The van der Waals surface area contributed by atoms with Gasteiger partial charge >= 0.3 is 0 Å². The van der Waals surface area contributed by atoms with Crippen LogP contribution in [0.4, 0.5) is 5.69 Å². The van der Waals surface area contributed by atoms with Crippen molar-refractivity contribution in [1.29, 1.82) is 0 Å². The molecule has 1 amide bonds. The van der Waals surface area contributed by atoms with Crippen molar-refractivity contribution in [2.75, 3.05) is 23.5 Å². The minimum Gasteiger partial charge on any atom is -0.506 e. The van der Waals surface area contributed by atoms with E-state index in [4.69, 9.17) is 0 Å². The van der Waals surface area contributed by atoms with Crippen LogP contribution in [0.15, 0.2) is 18.2 Å². The lowest BCUT2D eigenvalue weighted by Crippen LogP contribution is -2.39. The Balaban J connectivity index is 2.36. The van der Waals surface area contributed by atoms with Crippen molar-refractivity contribution < 1.29 is 18.3 Å². The van der Waals surface area contributed by atoms with Gasteiger partial charge in [0.25, 0.3) is 0 Å². The van der Waals surface area contributed by atoms with Gasteiger partial charge in [-0.25, -0.2) is 8.42 Å². The molecule has 1 N–H and O–H groups in total. The maximum atomic E-state index is 12.0. The van der Waals surface area contributed by atoms with E-state index in [0.717, 1.165) is 24.7 Å². The second-order valence-corrected chi connectivity index (χ2v) is 6.64. The maximum Gasteiger partial charge on any atom is 0.242 e. The molecule has 0 unspecified atom stereocenters. The van der Waals surface area contributed by atoms with E-state index in [2.05, 4.69) is 0 Å². The molecule has 0 fully saturated rings. The van der Waals surface area contributed by atoms with Crippen molar-refractivity contribution in [1.82, 2.24) is 0 Å². The Morgan fingerprint density at radius 2 is 2.17 bits per heavy atom. The summed E-state index contributed by atoms with van der Waals surface area (Å²) in [7, 11) is -3.36. The van der Waals surface area contributed by atoms with Crippen LogP contribution < -0.4 is 4.90 Å². The fraction of sp³-hybridized carbons (Fsp3) is 0.417. The molecule has 0 saturated heterocycles. The van der Waals surface area contributed by atoms with E-state index in [9.17, 15) is 18.3 Å². The molecule has 0 spiro atoms. The summed E-state index contributed by atoms with van der Waals surface area (Å²) in [4.78, 5) is 13.3. The third-order valence-electron chi connectivity index (χ3n) is 2.88. The summed E-state index contributed by atoms with van der Waals surface area (Å²) in [5.74, 6) is -0.991. The summed E-state index contributed by atoms with van der Waals surface area (Å²) in [5, 5.41) is 9.83. The van der Waals surface area contributed by atoms with Crippen molar-refractivity contribution >= 4 is 21.4 Å². The van der Waals surface area contributed by atoms with Gasteiger partial charge in [-0.05, 0) is 24.5 Å². The lowest BCUT2D eigenvalue weighted by molar-refractivity contribution is -0.116. The van der Waals surface area contributed by atoms with Gasteiger partial charge in [-0.2, -0.15) is 0 Å². The summed E-state index contributed by atoms with van der Waals surface area (Å²) in [6.07, 6.45) is 2.58. The van der Waals surface area contributed by atoms with Gasteiger partial charge in [0.05, 0.1) is 5.69 Å². The number of amides is 1. The van der Waals surface area contributed by atoms with E-state index in [1.54, 1.807) is 6.07 Å². The van der Waals surface area contributed by atoms with Gasteiger partial charge in [0, 0.05) is 12.8 Å². The number of rotatable bonds is 2. The van der Waals surface area contributed by atoms with E-state index in [1.807, 2.05) is 6.07 Å². The molecule has 0 saturated carbocycles. The van der Waals surface area contributed by atoms with E-state index in [0.29, 0.717) is 12.2 Å². The molecule has 1 aliphatic heterocycles. The Morgan fingerprint density at radius 1 is 1.44 bits per heavy atom. The molecule has 0 atom stereocenters. The highest BCUT2D eigenvalue weighted by Crippen LogP contribution is 2.35. The zero-order chi connectivity index (χ0) is 13.3. The summed E-state index contributed by atoms with van der Waals surface area (Å²) in [6.45, 7) is 0.443. The molecular formula is C12H15NO4S. The molecule has 5 nitrogen and oxygen atoms in total. The number of hydrogen-bond acceptors (Lipinski definition) is 4. The SMILES string of the molecule is CS(=O)(=O)CC(=O)N1CCCc2cccc(O)c21. The number of carbonyl (C=O) groups is 1. The lowest BCUT2D eigenvalue weighted by atomic mass is 10.0. The molecule has 98 valence electrons. The molecule has 0 bridgehead atoms. The lowest BCUT2D eigenvalue weighted by Gasteiger charge is -2.29. The molecule has 0 aliphatic carbocycles. The Hall–Kier alpha value is -1.56. The number of aryl methyl sites for hydroxylation is 1. The average molecular weight is 269 g/mol. The van der Waals surface area contributed by atoms with Crippen LogP contribution in [-0.4, -0.2) is 38.0 Å². The molecule has 2 rings (SSSR count). The van der Waals surface area contributed by atoms with E-state index < -0.39 is 21.5 Å². The number of sulfone groups is 1. The zero-order valence-corrected chi connectivity index (χ0v) is 10.9. The van der Waals surface area contributed by atoms with Gasteiger partial charge < -0.3 is 10.0 Å². The van der Waals surface area contributed by atoms with Crippen LogP contribution >= 0.6 is 0 Å². The Morgan fingerprint density at radius 3 is 2.83 bits per heavy atom. The first-order valence-corrected chi connectivity index (χ1v) is 7.73. The summed E-state index contributed by atoms with van der Waals surface area (Å²) >= 11 is 0. The van der Waals surface area contributed by atoms with Crippen LogP contribution in [0, 0.1) is 0 Å². The van der Waals surface area contributed by atoms with Crippen LogP contribution in [0.25, 0.3) is 0 Å². The fourth-order valence-corrected chi connectivity index (χ4v) is 2.79. The third-order valence-corrected chi connectivity index (χ3v) is 3.65. The first-order chi connectivity index (χ1) is 8.38. The van der Waals surface area contributed by atoms with Gasteiger partial charge in [-0.15, -0.1) is 0 Å². The third kappa shape index (κ3) is 2.64. The van der Waals surface area contributed by atoms with Crippen LogP contribution in [-0.2, 0) is 21.1 Å². The number of phenols is 1. The highest BCUT2D eigenvalue weighted by atomic mass is 32.2. The van der Waals surface area contributed by atoms with Crippen molar-refractivity contribution in [3.8, 4) is 5.75 Å². The zero-order valence-electron chi connectivity index (χ0n) is 10.1. The molecule has 0 aromatic heterocycles. The van der Waals surface area contributed by atoms with Gasteiger partial charge in [-0.1, -0.05) is 12.1 Å². The number of nitrogens with zero attached hydrogens (tertiary/aromatic N) is 1. The van der Waals surface area contributed by atoms with Gasteiger partial charge in [0.1, 0.15) is 11.5 Å². The number of benzene rings is 1. The first-order valence-electron chi connectivity index (χ1n) is 5.67. The van der Waals surface area contributed by atoms with Crippen molar-refractivity contribution in [2.45, 2.75) is 12.8 Å². The number of fused-ring (bicyclic) bond motifs is 1. The smallest absolute Gasteiger partial charge is 0.242 e. The number of para-hydroxylation sites is 1. The number of anilines is 1. The van der Waals surface area contributed by atoms with Crippen molar-refractivity contribution in [2.24, 2.45) is 0 Å². The van der Waals surface area contributed by atoms with E-state index in [1.165, 1.54) is 11.0 Å². The molecule has 1 aromatic carbocycles. The van der Waals surface area contributed by atoms with Crippen LogP contribution in [0.5, 0.6) is 5.75 Å². The molecule has 1 aliphatic rings. The highest BCUT2D eigenvalue weighted by molar-refractivity contribution is 7.91. The molecule has 18 heavy (non-hydrogen) atoms. The summed E-state index contributed by atoms with van der Waals surface area (Å²) < 4.78 is 22.3. The van der Waals surface area contributed by atoms with Crippen LogP contribution in [0.2, 0.25) is 0 Å². The fourth-order valence-electron chi connectivity index (χ4n) is 2.18. The van der Waals surface area contributed by atoms with Crippen molar-refractivity contribution in [3.63, 3.8) is 0 Å². The second-order valence-electron chi connectivity index (χ2n) is 4.50.